The van der Waals surface area contributed by atoms with Gasteiger partial charge in [0.05, 0.1) is 10.0 Å². The number of benzene rings is 1. The molecule has 0 bridgehead atoms. The van der Waals surface area contributed by atoms with Gasteiger partial charge < -0.3 is 5.73 Å². The molecule has 2 nitrogen and oxygen atoms in total. The molecule has 0 spiro atoms. The normalized spacial score (nSPS) is 24.6. The van der Waals surface area contributed by atoms with Gasteiger partial charge >= 0.3 is 0 Å². The molecule has 2 N–H and O–H groups in total. The van der Waals surface area contributed by atoms with Crippen molar-refractivity contribution in [2.45, 2.75) is 18.9 Å². The second kappa shape index (κ2) is 4.57. The summed E-state index contributed by atoms with van der Waals surface area (Å²) in [5, 5.41) is 0.443. The number of hydrogen-bond donors (Lipinski definition) is 1. The highest BCUT2D eigenvalue weighted by atomic mass is 79.9. The van der Waals surface area contributed by atoms with E-state index >= 15 is 0 Å². The van der Waals surface area contributed by atoms with Gasteiger partial charge in [-0.1, -0.05) is 11.8 Å². The van der Waals surface area contributed by atoms with Gasteiger partial charge in [0.25, 0.3) is 0 Å². The van der Waals surface area contributed by atoms with E-state index in [1.54, 1.807) is 0 Å². The minimum atomic E-state index is -0.713. The standard InChI is InChI=1S/C11H11BrF2N2S/c1-11(2-3-17-10(15)16-11)6-4-7(12)9(14)5-8(6)13/h4-5H,2-3H2,1H3,(H2,15,16). The van der Waals surface area contributed by atoms with E-state index in [0.717, 1.165) is 11.8 Å². The molecule has 1 heterocycles. The highest BCUT2D eigenvalue weighted by Gasteiger charge is 2.32. The number of thioether (sulfide) groups is 1. The molecule has 17 heavy (non-hydrogen) atoms. The fourth-order valence-corrected chi connectivity index (χ4v) is 3.13. The number of nitrogens with zero attached hydrogens (tertiary/aromatic N) is 1. The van der Waals surface area contributed by atoms with Crippen LogP contribution < -0.4 is 5.73 Å². The van der Waals surface area contributed by atoms with E-state index in [2.05, 4.69) is 20.9 Å². The molecular formula is C11H11BrF2N2S. The van der Waals surface area contributed by atoms with Crippen molar-refractivity contribution in [2.75, 3.05) is 5.75 Å². The molecule has 0 aromatic heterocycles. The molecule has 1 unspecified atom stereocenters. The molecule has 1 aromatic carbocycles. The Balaban J connectivity index is 2.53. The maximum atomic E-state index is 13.8. The Morgan fingerprint density at radius 3 is 2.76 bits per heavy atom. The lowest BCUT2D eigenvalue weighted by Crippen LogP contribution is -2.29. The molecule has 2 rings (SSSR count). The summed E-state index contributed by atoms with van der Waals surface area (Å²) in [4.78, 5) is 4.29. The van der Waals surface area contributed by atoms with Gasteiger partial charge in [-0.2, -0.15) is 0 Å². The van der Waals surface area contributed by atoms with Gasteiger partial charge in [-0.05, 0) is 35.3 Å². The van der Waals surface area contributed by atoms with Crippen LogP contribution in [0.15, 0.2) is 21.6 Å². The molecule has 0 aliphatic carbocycles. The monoisotopic (exact) mass is 320 g/mol. The summed E-state index contributed by atoms with van der Waals surface area (Å²) in [7, 11) is 0. The van der Waals surface area contributed by atoms with Crippen molar-refractivity contribution in [2.24, 2.45) is 10.7 Å². The van der Waals surface area contributed by atoms with Crippen molar-refractivity contribution in [1.29, 1.82) is 0 Å². The van der Waals surface area contributed by atoms with Crippen LogP contribution in [0.5, 0.6) is 0 Å². The van der Waals surface area contributed by atoms with Gasteiger partial charge in [-0.15, -0.1) is 0 Å². The molecule has 92 valence electrons. The van der Waals surface area contributed by atoms with Crippen molar-refractivity contribution in [3.8, 4) is 0 Å². The van der Waals surface area contributed by atoms with E-state index in [1.165, 1.54) is 17.8 Å². The lowest BCUT2D eigenvalue weighted by molar-refractivity contribution is 0.445. The first-order chi connectivity index (χ1) is 7.92. The Kier molecular flexibility index (Phi) is 3.45. The van der Waals surface area contributed by atoms with E-state index in [9.17, 15) is 8.78 Å². The molecule has 1 aromatic rings. The number of aliphatic imine (C=N–C) groups is 1. The fourth-order valence-electron chi connectivity index (χ4n) is 1.82. The molecule has 0 fully saturated rings. The van der Waals surface area contributed by atoms with E-state index in [1.807, 2.05) is 6.92 Å². The highest BCUT2D eigenvalue weighted by molar-refractivity contribution is 9.10. The Labute approximate surface area is 111 Å². The van der Waals surface area contributed by atoms with Crippen molar-refractivity contribution < 1.29 is 8.78 Å². The summed E-state index contributed by atoms with van der Waals surface area (Å²) < 4.78 is 27.2. The molecule has 1 atom stereocenters. The summed E-state index contributed by atoms with van der Waals surface area (Å²) in [5.74, 6) is -0.422. The first-order valence-electron chi connectivity index (χ1n) is 5.05. The van der Waals surface area contributed by atoms with Crippen LogP contribution in [0.4, 0.5) is 8.78 Å². The van der Waals surface area contributed by atoms with Gasteiger partial charge in [-0.3, -0.25) is 4.99 Å². The van der Waals surface area contributed by atoms with Crippen molar-refractivity contribution >= 4 is 32.9 Å². The number of hydrogen-bond acceptors (Lipinski definition) is 3. The third kappa shape index (κ3) is 2.47. The minimum Gasteiger partial charge on any atom is -0.379 e. The van der Waals surface area contributed by atoms with E-state index in [0.29, 0.717) is 17.2 Å². The van der Waals surface area contributed by atoms with E-state index < -0.39 is 17.2 Å². The van der Waals surface area contributed by atoms with Crippen LogP contribution in [0.2, 0.25) is 0 Å². The van der Waals surface area contributed by atoms with Gasteiger partial charge in [0.15, 0.2) is 5.17 Å². The summed E-state index contributed by atoms with van der Waals surface area (Å²) in [6, 6.07) is 2.32. The zero-order chi connectivity index (χ0) is 12.6. The maximum absolute atomic E-state index is 13.8. The van der Waals surface area contributed by atoms with Crippen LogP contribution in [0.1, 0.15) is 18.9 Å². The molecular weight excluding hydrogens is 310 g/mol. The zero-order valence-corrected chi connectivity index (χ0v) is 11.5. The number of rotatable bonds is 1. The van der Waals surface area contributed by atoms with Crippen LogP contribution in [0.3, 0.4) is 0 Å². The maximum Gasteiger partial charge on any atom is 0.154 e. The van der Waals surface area contributed by atoms with Crippen molar-refractivity contribution in [1.82, 2.24) is 0 Å². The van der Waals surface area contributed by atoms with Crippen LogP contribution >= 0.6 is 27.7 Å². The van der Waals surface area contributed by atoms with Crippen molar-refractivity contribution in [3.63, 3.8) is 0 Å². The lowest BCUT2D eigenvalue weighted by Gasteiger charge is -2.30. The SMILES string of the molecule is CC1(c2cc(Br)c(F)cc2F)CCSC(N)=N1. The average Bonchev–Trinajstić information content (AvgIpc) is 2.23. The quantitative estimate of drug-likeness (QED) is 0.805. The fraction of sp³-hybridized carbons (Fsp3) is 0.364. The molecule has 0 saturated carbocycles. The highest BCUT2D eigenvalue weighted by Crippen LogP contribution is 2.37. The zero-order valence-electron chi connectivity index (χ0n) is 9.14. The first kappa shape index (κ1) is 12.8. The van der Waals surface area contributed by atoms with Crippen LogP contribution in [0.25, 0.3) is 0 Å². The predicted molar refractivity (Wildman–Crippen MR) is 70.1 cm³/mol. The largest absolute Gasteiger partial charge is 0.379 e. The minimum absolute atomic E-state index is 0.238. The Bertz CT molecular complexity index is 493. The van der Waals surface area contributed by atoms with Crippen LogP contribution in [0, 0.1) is 11.6 Å². The van der Waals surface area contributed by atoms with Gasteiger partial charge in [0.1, 0.15) is 11.6 Å². The average molecular weight is 321 g/mol. The van der Waals surface area contributed by atoms with Gasteiger partial charge in [0.2, 0.25) is 0 Å². The Hall–Kier alpha value is -0.620. The predicted octanol–water partition coefficient (Wildman–Crippen LogP) is 3.39. The molecule has 1 aliphatic rings. The second-order valence-electron chi connectivity index (χ2n) is 4.07. The molecule has 0 amide bonds. The van der Waals surface area contributed by atoms with E-state index in [4.69, 9.17) is 5.73 Å². The first-order valence-corrected chi connectivity index (χ1v) is 6.83. The summed E-state index contributed by atoms with van der Waals surface area (Å²) in [6.07, 6.45) is 0.674. The van der Waals surface area contributed by atoms with E-state index in [-0.39, 0.29) is 4.47 Å². The van der Waals surface area contributed by atoms with Gasteiger partial charge in [0, 0.05) is 17.4 Å². The second-order valence-corrected chi connectivity index (χ2v) is 6.04. The van der Waals surface area contributed by atoms with Crippen LogP contribution in [-0.2, 0) is 5.54 Å². The lowest BCUT2D eigenvalue weighted by atomic mass is 9.89. The Morgan fingerprint density at radius 2 is 2.12 bits per heavy atom. The number of amidine groups is 1. The topological polar surface area (TPSA) is 38.4 Å². The third-order valence-electron chi connectivity index (χ3n) is 2.79. The molecule has 0 saturated heterocycles. The number of halogens is 3. The molecule has 6 heteroatoms. The summed E-state index contributed by atoms with van der Waals surface area (Å²) in [5.41, 5.74) is 5.33. The molecule has 0 radical (unpaired) electrons. The van der Waals surface area contributed by atoms with Crippen LogP contribution in [-0.4, -0.2) is 10.9 Å². The third-order valence-corrected chi connectivity index (χ3v) is 4.19. The van der Waals surface area contributed by atoms with Crippen molar-refractivity contribution in [3.05, 3.63) is 33.8 Å². The van der Waals surface area contributed by atoms with Gasteiger partial charge in [-0.25, -0.2) is 8.78 Å². The summed E-state index contributed by atoms with van der Waals surface area (Å²) in [6.45, 7) is 1.81. The smallest absolute Gasteiger partial charge is 0.154 e. The molecule has 1 aliphatic heterocycles. The summed E-state index contributed by atoms with van der Waals surface area (Å²) >= 11 is 4.51. The number of nitrogens with two attached hydrogens (primary N) is 1. The Morgan fingerprint density at radius 1 is 1.41 bits per heavy atom.